The predicted octanol–water partition coefficient (Wildman–Crippen LogP) is 8.05. The molecule has 0 nitrogen and oxygen atoms in total. The smallest absolute Gasteiger partial charge is 0.152 e. The van der Waals surface area contributed by atoms with Gasteiger partial charge in [-0.3, -0.25) is 0 Å². The fraction of sp³-hybridized carbons (Fsp3) is 0.296. The SMILES string of the molecule is C[C-](c1ccccc1)c1ccc(C(C)(CC(C)(C)CP[B]I)c2ccccc2)cc1. The molecule has 0 saturated heterocycles. The van der Waals surface area contributed by atoms with Crippen molar-refractivity contribution >= 4 is 35.7 Å². The van der Waals surface area contributed by atoms with Gasteiger partial charge in [0.1, 0.15) is 0 Å². The van der Waals surface area contributed by atoms with E-state index < -0.39 is 0 Å². The van der Waals surface area contributed by atoms with Crippen molar-refractivity contribution in [1.82, 2.24) is 0 Å². The molecule has 0 aromatic heterocycles. The molecule has 1 radical (unpaired) electrons. The van der Waals surface area contributed by atoms with Crippen LogP contribution < -0.4 is 0 Å². The summed E-state index contributed by atoms with van der Waals surface area (Å²) in [5.74, 6) is 1.32. The molecule has 3 heteroatoms. The summed E-state index contributed by atoms with van der Waals surface area (Å²) < 4.78 is 0. The molecule has 30 heavy (non-hydrogen) atoms. The standard InChI is InChI=1S/C27H31BIP/c1-21(22-11-7-5-8-12-22)23-15-17-25(18-16-23)27(4,24-13-9-6-10-14-24)19-26(2,3)20-30-28-29/h5-18,30H,19-20H2,1-4H3/q-1. The van der Waals surface area contributed by atoms with Crippen LogP contribution in [-0.2, 0) is 5.41 Å². The quantitative estimate of drug-likeness (QED) is 0.115. The Kier molecular flexibility index (Phi) is 8.10. The number of benzene rings is 3. The molecule has 0 fully saturated rings. The Morgan fingerprint density at radius 3 is 1.83 bits per heavy atom. The van der Waals surface area contributed by atoms with Gasteiger partial charge in [-0.2, -0.15) is 22.4 Å². The molecular weight excluding hydrogens is 493 g/mol. The first-order chi connectivity index (χ1) is 14.4. The normalized spacial score (nSPS) is 13.9. The Morgan fingerprint density at radius 1 is 0.767 bits per heavy atom. The van der Waals surface area contributed by atoms with Crippen molar-refractivity contribution in [2.75, 3.05) is 6.16 Å². The third kappa shape index (κ3) is 5.71. The number of halogens is 1. The number of rotatable bonds is 9. The molecule has 0 spiro atoms. The van der Waals surface area contributed by atoms with Crippen molar-refractivity contribution in [2.24, 2.45) is 5.41 Å². The molecular formula is C27H31BIP-. The first kappa shape index (κ1) is 23.4. The lowest BCUT2D eigenvalue weighted by Crippen LogP contribution is -2.32. The zero-order valence-electron chi connectivity index (χ0n) is 18.5. The predicted molar refractivity (Wildman–Crippen MR) is 144 cm³/mol. The Bertz CT molecular complexity index is 909. The van der Waals surface area contributed by atoms with Crippen LogP contribution >= 0.6 is 30.8 Å². The molecule has 0 aliphatic rings. The molecule has 155 valence electrons. The second-order valence-corrected chi connectivity index (χ2v) is 11.9. The number of hydrogen-bond acceptors (Lipinski definition) is 0. The van der Waals surface area contributed by atoms with Crippen LogP contribution in [0.25, 0.3) is 0 Å². The largest absolute Gasteiger partial charge is 0.230 e. The van der Waals surface area contributed by atoms with E-state index in [1.165, 1.54) is 34.3 Å². The molecule has 0 amide bonds. The van der Waals surface area contributed by atoms with E-state index in [4.69, 9.17) is 0 Å². The van der Waals surface area contributed by atoms with E-state index in [1.54, 1.807) is 0 Å². The Labute approximate surface area is 199 Å². The first-order valence-electron chi connectivity index (χ1n) is 10.6. The van der Waals surface area contributed by atoms with Crippen molar-refractivity contribution in [2.45, 2.75) is 39.5 Å². The lowest BCUT2D eigenvalue weighted by molar-refractivity contribution is 0.306. The molecule has 3 aromatic rings. The van der Waals surface area contributed by atoms with Crippen molar-refractivity contribution in [3.63, 3.8) is 0 Å². The van der Waals surface area contributed by atoms with Crippen molar-refractivity contribution in [3.05, 3.63) is 113 Å². The summed E-state index contributed by atoms with van der Waals surface area (Å²) in [6.45, 7) is 9.47. The summed E-state index contributed by atoms with van der Waals surface area (Å²) in [5, 5.41) is 0. The van der Waals surface area contributed by atoms with E-state index in [9.17, 15) is 0 Å². The summed E-state index contributed by atoms with van der Waals surface area (Å²) in [6.07, 6.45) is 2.36. The number of hydrogen-bond donors (Lipinski definition) is 0. The van der Waals surface area contributed by atoms with E-state index in [1.807, 2.05) is 0 Å². The zero-order chi connectivity index (χ0) is 21.6. The van der Waals surface area contributed by atoms with Gasteiger partial charge in [0.2, 0.25) is 4.86 Å². The highest BCUT2D eigenvalue weighted by Crippen LogP contribution is 2.44. The van der Waals surface area contributed by atoms with E-state index >= 15 is 0 Å². The minimum Gasteiger partial charge on any atom is -0.152 e. The van der Waals surface area contributed by atoms with Crippen LogP contribution in [0.3, 0.4) is 0 Å². The zero-order valence-corrected chi connectivity index (χ0v) is 21.6. The van der Waals surface area contributed by atoms with Crippen LogP contribution in [0.15, 0.2) is 84.9 Å². The summed E-state index contributed by atoms with van der Waals surface area (Å²) in [4.78, 5) is 2.29. The minimum absolute atomic E-state index is 0.0142. The van der Waals surface area contributed by atoms with Crippen molar-refractivity contribution in [3.8, 4) is 0 Å². The topological polar surface area (TPSA) is 0 Å². The highest BCUT2D eigenvalue weighted by molar-refractivity contribution is 14.1. The van der Waals surface area contributed by atoms with Crippen molar-refractivity contribution in [1.29, 1.82) is 0 Å². The molecule has 2 unspecified atom stereocenters. The molecule has 0 heterocycles. The van der Waals surface area contributed by atoms with E-state index in [0.29, 0.717) is 0 Å². The third-order valence-electron chi connectivity index (χ3n) is 6.06. The van der Waals surface area contributed by atoms with Crippen LogP contribution in [0.5, 0.6) is 0 Å². The Balaban J connectivity index is 1.94. The summed E-state index contributed by atoms with van der Waals surface area (Å²) in [5.41, 5.74) is 5.63. The van der Waals surface area contributed by atoms with E-state index in [0.717, 1.165) is 14.9 Å². The van der Waals surface area contributed by atoms with Crippen LogP contribution in [0, 0.1) is 11.3 Å². The molecule has 0 aliphatic heterocycles. The van der Waals surface area contributed by atoms with Crippen LogP contribution in [0.1, 0.15) is 56.4 Å². The average molecular weight is 524 g/mol. The van der Waals surface area contributed by atoms with Crippen LogP contribution in [0.4, 0.5) is 0 Å². The fourth-order valence-electron chi connectivity index (χ4n) is 4.45. The van der Waals surface area contributed by atoms with Gasteiger partial charge in [0.25, 0.3) is 0 Å². The second-order valence-electron chi connectivity index (χ2n) is 9.10. The highest BCUT2D eigenvalue weighted by Gasteiger charge is 2.35. The van der Waals surface area contributed by atoms with Gasteiger partial charge in [-0.05, 0) is 23.6 Å². The Hall–Kier alpha value is -1.25. The molecule has 3 rings (SSSR count). The molecule has 0 N–H and O–H groups in total. The molecule has 3 aromatic carbocycles. The maximum Gasteiger partial charge on any atom is 0.230 e. The second kappa shape index (κ2) is 10.4. The first-order valence-corrected chi connectivity index (χ1v) is 13.1. The molecule has 0 bridgehead atoms. The molecule has 0 aliphatic carbocycles. The van der Waals surface area contributed by atoms with Gasteiger partial charge in [-0.1, -0.05) is 93.9 Å². The average Bonchev–Trinajstić information content (AvgIpc) is 2.78. The molecule has 2 atom stereocenters. The van der Waals surface area contributed by atoms with Gasteiger partial charge in [0, 0.05) is 5.41 Å². The van der Waals surface area contributed by atoms with Gasteiger partial charge in [-0.25, -0.2) is 0 Å². The highest BCUT2D eigenvalue weighted by atomic mass is 127. The maximum atomic E-state index is 2.42. The monoisotopic (exact) mass is 524 g/mol. The lowest BCUT2D eigenvalue weighted by atomic mass is 9.67. The summed E-state index contributed by atoms with van der Waals surface area (Å²) in [6, 6.07) is 31.0. The molecule has 0 saturated carbocycles. The van der Waals surface area contributed by atoms with Gasteiger partial charge >= 0.3 is 0 Å². The summed E-state index contributed by atoms with van der Waals surface area (Å²) in [7, 11) is 0.904. The van der Waals surface area contributed by atoms with E-state index in [-0.39, 0.29) is 10.8 Å². The van der Waals surface area contributed by atoms with Gasteiger partial charge in [0.15, 0.2) is 0 Å². The third-order valence-corrected chi connectivity index (χ3v) is 8.70. The lowest BCUT2D eigenvalue weighted by Gasteiger charge is -2.39. The fourth-order valence-corrected chi connectivity index (χ4v) is 5.87. The van der Waals surface area contributed by atoms with Crippen LogP contribution in [-0.4, -0.2) is 11.0 Å². The summed E-state index contributed by atoms with van der Waals surface area (Å²) >= 11 is 2.39. The minimum atomic E-state index is -0.0142. The maximum absolute atomic E-state index is 2.42. The Morgan fingerprint density at radius 2 is 1.27 bits per heavy atom. The van der Waals surface area contributed by atoms with E-state index in [2.05, 4.69) is 140 Å². The van der Waals surface area contributed by atoms with Crippen molar-refractivity contribution < 1.29 is 0 Å². The van der Waals surface area contributed by atoms with Gasteiger partial charge < -0.3 is 0 Å². The van der Waals surface area contributed by atoms with Gasteiger partial charge in [-0.15, -0.1) is 49.8 Å². The van der Waals surface area contributed by atoms with Gasteiger partial charge in [0.05, 0.1) is 0 Å². The van der Waals surface area contributed by atoms with Crippen LogP contribution in [0.2, 0.25) is 0 Å².